The average molecular weight is 354 g/mol. The summed E-state index contributed by atoms with van der Waals surface area (Å²) in [6.45, 7) is 6.84. The monoisotopic (exact) mass is 354 g/mol. The van der Waals surface area contributed by atoms with E-state index >= 15 is 0 Å². The van der Waals surface area contributed by atoms with Crippen LogP contribution in [0.2, 0.25) is 0 Å². The maximum atomic E-state index is 13.6. The maximum absolute atomic E-state index is 13.6. The molecule has 1 saturated heterocycles. The molecule has 1 aromatic rings. The van der Waals surface area contributed by atoms with E-state index in [1.54, 1.807) is 0 Å². The van der Waals surface area contributed by atoms with Gasteiger partial charge in [-0.3, -0.25) is 9.59 Å². The number of carbonyl (C=O) groups is 2. The van der Waals surface area contributed by atoms with Crippen LogP contribution in [-0.2, 0) is 9.59 Å². The lowest BCUT2D eigenvalue weighted by atomic mass is 9.76. The van der Waals surface area contributed by atoms with Gasteiger partial charge in [0.1, 0.15) is 12.6 Å². The Morgan fingerprint density at radius 2 is 1.65 bits per heavy atom. The van der Waals surface area contributed by atoms with Gasteiger partial charge in [-0.05, 0) is 43.6 Å². The van der Waals surface area contributed by atoms with Crippen molar-refractivity contribution in [2.75, 3.05) is 6.54 Å². The predicted octanol–water partition coefficient (Wildman–Crippen LogP) is 3.69. The maximum Gasteiger partial charge on any atom is 0.250 e. The Kier molecular flexibility index (Phi) is 4.54. The summed E-state index contributed by atoms with van der Waals surface area (Å²) in [5.41, 5.74) is 2.13. The Morgan fingerprint density at radius 1 is 0.962 bits per heavy atom. The van der Waals surface area contributed by atoms with Gasteiger partial charge in [0.25, 0.3) is 5.91 Å². The van der Waals surface area contributed by atoms with Gasteiger partial charge in [-0.2, -0.15) is 0 Å². The SMILES string of the molecule is Cc1ccc(C2C(=O)N(C3CCCC(C)C3C)CC(=O)N2C2CC2)cc1. The molecule has 26 heavy (non-hydrogen) atoms. The molecule has 1 aliphatic heterocycles. The van der Waals surface area contributed by atoms with Crippen molar-refractivity contribution in [1.29, 1.82) is 0 Å². The number of piperazine rings is 1. The lowest BCUT2D eigenvalue weighted by Crippen LogP contribution is -2.60. The highest BCUT2D eigenvalue weighted by Gasteiger charge is 2.49. The predicted molar refractivity (Wildman–Crippen MR) is 101 cm³/mol. The number of hydrogen-bond donors (Lipinski definition) is 0. The van der Waals surface area contributed by atoms with Gasteiger partial charge in [0, 0.05) is 12.1 Å². The third-order valence-electron chi connectivity index (χ3n) is 6.79. The summed E-state index contributed by atoms with van der Waals surface area (Å²) in [5.74, 6) is 1.32. The fourth-order valence-electron chi connectivity index (χ4n) is 4.82. The lowest BCUT2D eigenvalue weighted by Gasteiger charge is -2.47. The zero-order valence-electron chi connectivity index (χ0n) is 16.1. The van der Waals surface area contributed by atoms with E-state index in [2.05, 4.69) is 13.8 Å². The second kappa shape index (κ2) is 6.71. The van der Waals surface area contributed by atoms with Gasteiger partial charge < -0.3 is 9.80 Å². The first kappa shape index (κ1) is 17.6. The number of nitrogens with zero attached hydrogens (tertiary/aromatic N) is 2. The molecule has 4 unspecified atom stereocenters. The van der Waals surface area contributed by atoms with Crippen LogP contribution in [-0.4, -0.2) is 40.2 Å². The molecule has 2 aliphatic carbocycles. The minimum atomic E-state index is -0.436. The Morgan fingerprint density at radius 3 is 2.31 bits per heavy atom. The largest absolute Gasteiger partial charge is 0.328 e. The first-order valence-electron chi connectivity index (χ1n) is 10.2. The van der Waals surface area contributed by atoms with Gasteiger partial charge in [-0.1, -0.05) is 56.5 Å². The number of amides is 2. The van der Waals surface area contributed by atoms with Gasteiger partial charge in [0.2, 0.25) is 5.91 Å². The van der Waals surface area contributed by atoms with E-state index in [0.29, 0.717) is 11.8 Å². The van der Waals surface area contributed by atoms with Gasteiger partial charge in [-0.15, -0.1) is 0 Å². The molecular formula is C22H30N2O2. The van der Waals surface area contributed by atoms with Crippen LogP contribution in [0.25, 0.3) is 0 Å². The van der Waals surface area contributed by atoms with Crippen LogP contribution < -0.4 is 0 Å². The van der Waals surface area contributed by atoms with E-state index in [-0.39, 0.29) is 30.4 Å². The van der Waals surface area contributed by atoms with E-state index in [1.807, 2.05) is 41.0 Å². The summed E-state index contributed by atoms with van der Waals surface area (Å²) in [6.07, 6.45) is 5.45. The van der Waals surface area contributed by atoms with Crippen molar-refractivity contribution < 1.29 is 9.59 Å². The molecule has 0 aromatic heterocycles. The average Bonchev–Trinajstić information content (AvgIpc) is 3.45. The first-order chi connectivity index (χ1) is 12.5. The normalized spacial score (nSPS) is 32.9. The molecule has 3 aliphatic rings. The van der Waals surface area contributed by atoms with Gasteiger partial charge in [0.05, 0.1) is 0 Å². The van der Waals surface area contributed by atoms with Crippen molar-refractivity contribution in [3.63, 3.8) is 0 Å². The minimum Gasteiger partial charge on any atom is -0.328 e. The van der Waals surface area contributed by atoms with Crippen LogP contribution in [0, 0.1) is 18.8 Å². The summed E-state index contributed by atoms with van der Waals surface area (Å²) in [5, 5.41) is 0. The smallest absolute Gasteiger partial charge is 0.250 e. The summed E-state index contributed by atoms with van der Waals surface area (Å²) >= 11 is 0. The van der Waals surface area contributed by atoms with E-state index in [9.17, 15) is 9.59 Å². The highest BCUT2D eigenvalue weighted by atomic mass is 16.2. The quantitative estimate of drug-likeness (QED) is 0.830. The number of carbonyl (C=O) groups excluding carboxylic acids is 2. The van der Waals surface area contributed by atoms with E-state index < -0.39 is 6.04 Å². The second-order valence-corrected chi connectivity index (χ2v) is 8.65. The van der Waals surface area contributed by atoms with Crippen molar-refractivity contribution >= 4 is 11.8 Å². The molecule has 4 heteroatoms. The zero-order chi connectivity index (χ0) is 18.4. The molecule has 2 saturated carbocycles. The van der Waals surface area contributed by atoms with Crippen LogP contribution >= 0.6 is 0 Å². The number of rotatable bonds is 3. The Hall–Kier alpha value is -1.84. The highest BCUT2D eigenvalue weighted by molar-refractivity contribution is 5.96. The molecule has 1 heterocycles. The van der Waals surface area contributed by atoms with Gasteiger partial charge >= 0.3 is 0 Å². The summed E-state index contributed by atoms with van der Waals surface area (Å²) in [7, 11) is 0. The Labute approximate surface area is 156 Å². The summed E-state index contributed by atoms with van der Waals surface area (Å²) in [4.78, 5) is 30.4. The molecule has 4 atom stereocenters. The van der Waals surface area contributed by atoms with Crippen LogP contribution in [0.3, 0.4) is 0 Å². The summed E-state index contributed by atoms with van der Waals surface area (Å²) < 4.78 is 0. The fourth-order valence-corrected chi connectivity index (χ4v) is 4.82. The molecule has 1 aromatic carbocycles. The molecule has 4 rings (SSSR count). The Bertz CT molecular complexity index is 695. The third kappa shape index (κ3) is 3.04. The molecule has 140 valence electrons. The lowest BCUT2D eigenvalue weighted by molar-refractivity contribution is -0.161. The number of benzene rings is 1. The standard InChI is InChI=1S/C22H30N2O2/c1-14-7-9-17(10-8-14)21-22(26)23(13-20(25)24(21)18-11-12-18)19-6-4-5-15(2)16(19)3/h7-10,15-16,18-19,21H,4-6,11-13H2,1-3H3. The molecule has 4 nitrogen and oxygen atoms in total. The van der Waals surface area contributed by atoms with Crippen molar-refractivity contribution in [1.82, 2.24) is 9.80 Å². The van der Waals surface area contributed by atoms with E-state index in [0.717, 1.165) is 31.2 Å². The van der Waals surface area contributed by atoms with Crippen molar-refractivity contribution in [3.8, 4) is 0 Å². The van der Waals surface area contributed by atoms with Gasteiger partial charge in [0.15, 0.2) is 0 Å². The van der Waals surface area contributed by atoms with Crippen molar-refractivity contribution in [2.24, 2.45) is 11.8 Å². The Balaban J connectivity index is 1.67. The van der Waals surface area contributed by atoms with Crippen LogP contribution in [0.1, 0.15) is 63.1 Å². The number of aryl methyl sites for hydroxylation is 1. The molecular weight excluding hydrogens is 324 g/mol. The minimum absolute atomic E-state index is 0.128. The molecule has 0 spiro atoms. The second-order valence-electron chi connectivity index (χ2n) is 8.65. The topological polar surface area (TPSA) is 40.6 Å². The van der Waals surface area contributed by atoms with E-state index in [4.69, 9.17) is 0 Å². The van der Waals surface area contributed by atoms with Crippen LogP contribution in [0.5, 0.6) is 0 Å². The molecule has 2 amide bonds. The van der Waals surface area contributed by atoms with Gasteiger partial charge in [-0.25, -0.2) is 0 Å². The third-order valence-corrected chi connectivity index (χ3v) is 6.79. The molecule has 3 fully saturated rings. The van der Waals surface area contributed by atoms with Crippen molar-refractivity contribution in [2.45, 2.75) is 71.0 Å². The van der Waals surface area contributed by atoms with Crippen LogP contribution in [0.15, 0.2) is 24.3 Å². The van der Waals surface area contributed by atoms with Crippen LogP contribution in [0.4, 0.5) is 0 Å². The highest BCUT2D eigenvalue weighted by Crippen LogP contribution is 2.41. The zero-order valence-corrected chi connectivity index (χ0v) is 16.1. The summed E-state index contributed by atoms with van der Waals surface area (Å²) in [6, 6.07) is 8.15. The fraction of sp³-hybridized carbons (Fsp3) is 0.636. The van der Waals surface area contributed by atoms with Crippen molar-refractivity contribution in [3.05, 3.63) is 35.4 Å². The van der Waals surface area contributed by atoms with E-state index in [1.165, 1.54) is 12.0 Å². The molecule has 0 radical (unpaired) electrons. The molecule has 0 N–H and O–H groups in total. The molecule has 0 bridgehead atoms. The first-order valence-corrected chi connectivity index (χ1v) is 10.2. The number of hydrogen-bond acceptors (Lipinski definition) is 2.